The Balaban J connectivity index is 1.09. The molecule has 0 aliphatic rings. The standard InChI is InChI=1S/C61H52N2/c1-3-5-14-43-22-26-47(27-23-43)51-34-36-60-56(39-51)57-40-52(48-28-24-44(25-29-48)15-6-4-2)35-37-61(57)63(60)55-21-13-20-53(38-55)59-42-54(41-58(62-59)50-18-11-8-12-19-50)49-32-30-46(31-33-49)45-16-9-7-10-17-45/h7-13,16-42H,3-6,14-15H2,1-2H3. The summed E-state index contributed by atoms with van der Waals surface area (Å²) in [6.07, 6.45) is 7.10. The van der Waals surface area contributed by atoms with E-state index < -0.39 is 0 Å². The summed E-state index contributed by atoms with van der Waals surface area (Å²) >= 11 is 0. The van der Waals surface area contributed by atoms with Gasteiger partial charge >= 0.3 is 0 Å². The average Bonchev–Trinajstić information content (AvgIpc) is 3.69. The van der Waals surface area contributed by atoms with E-state index in [1.807, 2.05) is 0 Å². The second kappa shape index (κ2) is 18.0. The number of aryl methyl sites for hydroxylation is 2. The van der Waals surface area contributed by atoms with Crippen molar-refractivity contribution in [3.8, 4) is 72.7 Å². The molecule has 2 aromatic heterocycles. The first-order chi connectivity index (χ1) is 31.1. The van der Waals surface area contributed by atoms with Gasteiger partial charge in [-0.25, -0.2) is 4.98 Å². The highest BCUT2D eigenvalue weighted by atomic mass is 15.0. The number of nitrogens with zero attached hydrogens (tertiary/aromatic N) is 2. The lowest BCUT2D eigenvalue weighted by atomic mass is 9.97. The lowest BCUT2D eigenvalue weighted by Gasteiger charge is -2.13. The minimum atomic E-state index is 0.940. The molecule has 2 nitrogen and oxygen atoms in total. The molecule has 0 saturated heterocycles. The van der Waals surface area contributed by atoms with Crippen molar-refractivity contribution >= 4 is 21.8 Å². The minimum Gasteiger partial charge on any atom is -0.309 e. The summed E-state index contributed by atoms with van der Waals surface area (Å²) in [6.45, 7) is 4.52. The van der Waals surface area contributed by atoms with Crippen LogP contribution in [0.25, 0.3) is 94.5 Å². The predicted octanol–water partition coefficient (Wildman–Crippen LogP) is 16.9. The van der Waals surface area contributed by atoms with Crippen LogP contribution >= 0.6 is 0 Å². The average molecular weight is 813 g/mol. The van der Waals surface area contributed by atoms with Crippen molar-refractivity contribution in [1.82, 2.24) is 9.55 Å². The van der Waals surface area contributed by atoms with E-state index in [2.05, 4.69) is 225 Å². The summed E-state index contributed by atoms with van der Waals surface area (Å²) in [5, 5.41) is 2.49. The normalized spacial score (nSPS) is 11.4. The van der Waals surface area contributed by atoms with Crippen LogP contribution in [0.5, 0.6) is 0 Å². The predicted molar refractivity (Wildman–Crippen MR) is 268 cm³/mol. The van der Waals surface area contributed by atoms with Crippen LogP contribution < -0.4 is 0 Å². The van der Waals surface area contributed by atoms with Gasteiger partial charge in [0.15, 0.2) is 0 Å². The molecule has 10 aromatic rings. The topological polar surface area (TPSA) is 17.8 Å². The molecule has 0 aliphatic heterocycles. The highest BCUT2D eigenvalue weighted by Gasteiger charge is 2.17. The Morgan fingerprint density at radius 2 is 0.746 bits per heavy atom. The van der Waals surface area contributed by atoms with Gasteiger partial charge in [-0.2, -0.15) is 0 Å². The first-order valence-electron chi connectivity index (χ1n) is 22.7. The first-order valence-corrected chi connectivity index (χ1v) is 22.7. The Kier molecular flexibility index (Phi) is 11.4. The molecule has 8 aromatic carbocycles. The molecule has 0 spiro atoms. The number of aromatic nitrogens is 2. The third-order valence-corrected chi connectivity index (χ3v) is 12.6. The lowest BCUT2D eigenvalue weighted by molar-refractivity contribution is 0.795. The number of benzene rings is 8. The van der Waals surface area contributed by atoms with Gasteiger partial charge in [0.2, 0.25) is 0 Å². The van der Waals surface area contributed by atoms with E-state index >= 15 is 0 Å². The van der Waals surface area contributed by atoms with Crippen LogP contribution in [0.3, 0.4) is 0 Å². The quantitative estimate of drug-likeness (QED) is 0.113. The lowest BCUT2D eigenvalue weighted by Crippen LogP contribution is -1.96. The van der Waals surface area contributed by atoms with Crippen LogP contribution in [0.1, 0.15) is 50.7 Å². The molecule has 306 valence electrons. The van der Waals surface area contributed by atoms with Gasteiger partial charge in [0.1, 0.15) is 0 Å². The number of fused-ring (bicyclic) bond motifs is 3. The van der Waals surface area contributed by atoms with Crippen LogP contribution in [0.2, 0.25) is 0 Å². The largest absolute Gasteiger partial charge is 0.309 e. The summed E-state index contributed by atoms with van der Waals surface area (Å²) in [7, 11) is 0. The Morgan fingerprint density at radius 1 is 0.333 bits per heavy atom. The molecule has 63 heavy (non-hydrogen) atoms. The summed E-state index contributed by atoms with van der Waals surface area (Å²) in [6, 6.07) is 75.8. The van der Waals surface area contributed by atoms with E-state index in [1.165, 1.54) is 92.0 Å². The molecule has 0 unspecified atom stereocenters. The van der Waals surface area contributed by atoms with Crippen molar-refractivity contribution in [1.29, 1.82) is 0 Å². The van der Waals surface area contributed by atoms with Crippen molar-refractivity contribution in [2.24, 2.45) is 0 Å². The van der Waals surface area contributed by atoms with E-state index in [4.69, 9.17) is 4.98 Å². The summed E-state index contributed by atoms with van der Waals surface area (Å²) < 4.78 is 2.44. The molecule has 2 heterocycles. The van der Waals surface area contributed by atoms with Gasteiger partial charge in [-0.05, 0) is 130 Å². The third kappa shape index (κ3) is 8.38. The van der Waals surface area contributed by atoms with Crippen LogP contribution in [-0.2, 0) is 12.8 Å². The van der Waals surface area contributed by atoms with Gasteiger partial charge in [0, 0.05) is 27.6 Å². The van der Waals surface area contributed by atoms with Crippen molar-refractivity contribution in [2.45, 2.75) is 52.4 Å². The fourth-order valence-electron chi connectivity index (χ4n) is 9.04. The van der Waals surface area contributed by atoms with E-state index in [0.717, 1.165) is 52.2 Å². The van der Waals surface area contributed by atoms with Crippen molar-refractivity contribution in [3.63, 3.8) is 0 Å². The van der Waals surface area contributed by atoms with Crippen molar-refractivity contribution in [3.05, 3.63) is 217 Å². The van der Waals surface area contributed by atoms with E-state index in [9.17, 15) is 0 Å². The Bertz CT molecular complexity index is 3030. The highest BCUT2D eigenvalue weighted by molar-refractivity contribution is 6.11. The highest BCUT2D eigenvalue weighted by Crippen LogP contribution is 2.39. The third-order valence-electron chi connectivity index (χ3n) is 12.6. The zero-order chi connectivity index (χ0) is 42.5. The van der Waals surface area contributed by atoms with E-state index in [1.54, 1.807) is 0 Å². The smallest absolute Gasteiger partial charge is 0.0716 e. The molecule has 0 fully saturated rings. The number of pyridine rings is 1. The second-order valence-corrected chi connectivity index (χ2v) is 16.9. The molecule has 2 heteroatoms. The Labute approximate surface area is 372 Å². The molecule has 10 rings (SSSR count). The summed E-state index contributed by atoms with van der Waals surface area (Å²) in [5.41, 5.74) is 20.0. The Hall–Kier alpha value is -7.29. The fraction of sp³-hybridized carbons (Fsp3) is 0.131. The van der Waals surface area contributed by atoms with Crippen LogP contribution in [0.4, 0.5) is 0 Å². The van der Waals surface area contributed by atoms with Gasteiger partial charge in [0.25, 0.3) is 0 Å². The van der Waals surface area contributed by atoms with E-state index in [-0.39, 0.29) is 0 Å². The zero-order valence-electron chi connectivity index (χ0n) is 36.3. The van der Waals surface area contributed by atoms with E-state index in [0.29, 0.717) is 0 Å². The van der Waals surface area contributed by atoms with Crippen LogP contribution in [0, 0.1) is 0 Å². The van der Waals surface area contributed by atoms with Crippen molar-refractivity contribution < 1.29 is 0 Å². The first kappa shape index (κ1) is 39.8. The number of hydrogen-bond acceptors (Lipinski definition) is 1. The zero-order valence-corrected chi connectivity index (χ0v) is 36.3. The van der Waals surface area contributed by atoms with Crippen molar-refractivity contribution in [2.75, 3.05) is 0 Å². The molecular formula is C61H52N2. The molecule has 0 saturated carbocycles. The Morgan fingerprint density at radius 3 is 1.27 bits per heavy atom. The SMILES string of the molecule is CCCCc1ccc(-c2ccc3c(c2)c2cc(-c4ccc(CCCC)cc4)ccc2n3-c2cccc(-c3cc(-c4ccc(-c5ccccc5)cc4)cc(-c4ccccc4)n3)c2)cc1. The summed E-state index contributed by atoms with van der Waals surface area (Å²) in [4.78, 5) is 5.34. The molecule has 0 N–H and O–H groups in total. The fourth-order valence-corrected chi connectivity index (χ4v) is 9.04. The number of unbranched alkanes of at least 4 members (excludes halogenated alkanes) is 2. The van der Waals surface area contributed by atoms with Gasteiger partial charge in [-0.3, -0.25) is 0 Å². The minimum absolute atomic E-state index is 0.940. The molecule has 0 atom stereocenters. The van der Waals surface area contributed by atoms with Gasteiger partial charge in [0.05, 0.1) is 22.4 Å². The maximum atomic E-state index is 5.34. The van der Waals surface area contributed by atoms with Crippen LogP contribution in [0.15, 0.2) is 206 Å². The molecule has 0 bridgehead atoms. The summed E-state index contributed by atoms with van der Waals surface area (Å²) in [5.74, 6) is 0. The maximum absolute atomic E-state index is 5.34. The monoisotopic (exact) mass is 812 g/mol. The maximum Gasteiger partial charge on any atom is 0.0716 e. The number of hydrogen-bond donors (Lipinski definition) is 0. The van der Waals surface area contributed by atoms with Gasteiger partial charge in [-0.1, -0.05) is 184 Å². The molecule has 0 radical (unpaired) electrons. The number of rotatable bonds is 13. The molecule has 0 aliphatic carbocycles. The van der Waals surface area contributed by atoms with Gasteiger partial charge < -0.3 is 4.57 Å². The second-order valence-electron chi connectivity index (χ2n) is 16.9. The molecule has 0 amide bonds. The van der Waals surface area contributed by atoms with Crippen LogP contribution in [-0.4, -0.2) is 9.55 Å². The van der Waals surface area contributed by atoms with Gasteiger partial charge in [-0.15, -0.1) is 0 Å². The molecular weight excluding hydrogens is 761 g/mol.